The van der Waals surface area contributed by atoms with Gasteiger partial charge in [-0.3, -0.25) is 4.79 Å². The molecule has 0 heterocycles. The van der Waals surface area contributed by atoms with E-state index in [2.05, 4.69) is 12.0 Å². The van der Waals surface area contributed by atoms with Crippen molar-refractivity contribution >= 4 is 12.0 Å². The number of carbonyl (C=O) groups excluding carboxylic acids is 1. The first-order valence-electron chi connectivity index (χ1n) is 4.26. The summed E-state index contributed by atoms with van der Waals surface area (Å²) >= 11 is 0. The maximum atomic E-state index is 11.0. The van der Waals surface area contributed by atoms with E-state index in [1.54, 1.807) is 5.01 Å². The second-order valence-corrected chi connectivity index (χ2v) is 3.96. The maximum absolute atomic E-state index is 11.0. The Bertz CT molecular complexity index is 211. The molecule has 12 heavy (non-hydrogen) atoms. The molecular weight excluding hydrogens is 152 g/mol. The Morgan fingerprint density at radius 1 is 1.58 bits per heavy atom. The minimum absolute atomic E-state index is 0.0152. The van der Waals surface area contributed by atoms with E-state index < -0.39 is 0 Å². The summed E-state index contributed by atoms with van der Waals surface area (Å²) in [6.07, 6.45) is 4.22. The third-order valence-corrected chi connectivity index (χ3v) is 2.18. The highest BCUT2D eigenvalue weighted by Crippen LogP contribution is 2.33. The molecule has 3 nitrogen and oxygen atoms in total. The summed E-state index contributed by atoms with van der Waals surface area (Å²) < 4.78 is 0. The van der Waals surface area contributed by atoms with Gasteiger partial charge in [0.15, 0.2) is 0 Å². The molecule has 0 N–H and O–H groups in total. The number of hydrazone groups is 1. The standard InChI is InChI=1S/C9H16N2O/c1-9(7-10-11(2)3)5-4-8(12)6-9/h7H,4-6H2,1-3H3/b10-7+. The Kier molecular flexibility index (Phi) is 2.50. The first kappa shape index (κ1) is 9.23. The molecule has 1 unspecified atom stereocenters. The van der Waals surface area contributed by atoms with Gasteiger partial charge in [-0.1, -0.05) is 6.92 Å². The second kappa shape index (κ2) is 3.25. The van der Waals surface area contributed by atoms with E-state index in [-0.39, 0.29) is 5.41 Å². The van der Waals surface area contributed by atoms with Crippen LogP contribution in [0, 0.1) is 5.41 Å². The molecule has 0 aromatic heterocycles. The van der Waals surface area contributed by atoms with Crippen molar-refractivity contribution in [3.8, 4) is 0 Å². The van der Waals surface area contributed by atoms with Crippen LogP contribution < -0.4 is 0 Å². The minimum Gasteiger partial charge on any atom is -0.303 e. The molecule has 1 atom stereocenters. The number of carbonyl (C=O) groups is 1. The van der Waals surface area contributed by atoms with Crippen LogP contribution in [0.1, 0.15) is 26.2 Å². The van der Waals surface area contributed by atoms with E-state index in [0.717, 1.165) is 12.8 Å². The molecule has 1 aliphatic carbocycles. The SMILES string of the molecule is CN(C)/N=C/C1(C)CCC(=O)C1. The van der Waals surface area contributed by atoms with E-state index >= 15 is 0 Å². The number of ketones is 1. The molecule has 0 aromatic carbocycles. The Morgan fingerprint density at radius 3 is 2.67 bits per heavy atom. The van der Waals surface area contributed by atoms with Crippen LogP contribution in [0.25, 0.3) is 0 Å². The van der Waals surface area contributed by atoms with Crippen molar-refractivity contribution in [2.45, 2.75) is 26.2 Å². The molecule has 68 valence electrons. The van der Waals surface area contributed by atoms with Gasteiger partial charge < -0.3 is 5.01 Å². The summed E-state index contributed by atoms with van der Waals surface area (Å²) in [5, 5.41) is 5.93. The summed E-state index contributed by atoms with van der Waals surface area (Å²) in [6.45, 7) is 2.09. The third kappa shape index (κ3) is 2.32. The molecule has 0 amide bonds. The molecule has 1 saturated carbocycles. The van der Waals surface area contributed by atoms with Gasteiger partial charge in [-0.2, -0.15) is 5.10 Å². The summed E-state index contributed by atoms with van der Waals surface area (Å²) in [6, 6.07) is 0. The van der Waals surface area contributed by atoms with Crippen LogP contribution in [0.5, 0.6) is 0 Å². The number of rotatable bonds is 2. The zero-order chi connectivity index (χ0) is 9.19. The molecule has 0 spiro atoms. The van der Waals surface area contributed by atoms with Crippen molar-refractivity contribution < 1.29 is 4.79 Å². The van der Waals surface area contributed by atoms with Gasteiger partial charge in [0.25, 0.3) is 0 Å². The summed E-state index contributed by atoms with van der Waals surface area (Å²) in [7, 11) is 3.77. The van der Waals surface area contributed by atoms with E-state index in [4.69, 9.17) is 0 Å². The molecule has 3 heteroatoms. The number of Topliss-reactive ketones (excluding diaryl/α,β-unsaturated/α-hetero) is 1. The fraction of sp³-hybridized carbons (Fsp3) is 0.778. The number of hydrogen-bond acceptors (Lipinski definition) is 3. The van der Waals surface area contributed by atoms with Crippen molar-refractivity contribution in [3.63, 3.8) is 0 Å². The molecule has 0 aromatic rings. The highest BCUT2D eigenvalue weighted by Gasteiger charge is 2.32. The average Bonchev–Trinajstić information content (AvgIpc) is 2.29. The predicted octanol–water partition coefficient (Wildman–Crippen LogP) is 1.29. The van der Waals surface area contributed by atoms with Crippen LogP contribution in [0.4, 0.5) is 0 Å². The quantitative estimate of drug-likeness (QED) is 0.460. The molecule has 1 fully saturated rings. The molecular formula is C9H16N2O. The predicted molar refractivity (Wildman–Crippen MR) is 49.1 cm³/mol. The molecule has 0 aliphatic heterocycles. The van der Waals surface area contributed by atoms with Crippen LogP contribution >= 0.6 is 0 Å². The Labute approximate surface area is 73.4 Å². The second-order valence-electron chi connectivity index (χ2n) is 3.96. The van der Waals surface area contributed by atoms with Gasteiger partial charge in [0.05, 0.1) is 0 Å². The first-order chi connectivity index (χ1) is 5.52. The van der Waals surface area contributed by atoms with Gasteiger partial charge >= 0.3 is 0 Å². The lowest BCUT2D eigenvalue weighted by atomic mass is 9.91. The summed E-state index contributed by atoms with van der Waals surface area (Å²) in [4.78, 5) is 11.0. The van der Waals surface area contributed by atoms with Crippen LogP contribution in [0.3, 0.4) is 0 Å². The average molecular weight is 168 g/mol. The highest BCUT2D eigenvalue weighted by molar-refractivity contribution is 5.87. The monoisotopic (exact) mass is 168 g/mol. The molecule has 0 saturated heterocycles. The van der Waals surface area contributed by atoms with Gasteiger partial charge in [0.1, 0.15) is 5.78 Å². The third-order valence-electron chi connectivity index (χ3n) is 2.18. The Balaban J connectivity index is 2.56. The Morgan fingerprint density at radius 2 is 2.25 bits per heavy atom. The van der Waals surface area contributed by atoms with Gasteiger partial charge in [-0.25, -0.2) is 0 Å². The lowest BCUT2D eigenvalue weighted by molar-refractivity contribution is -0.117. The number of nitrogens with zero attached hydrogens (tertiary/aromatic N) is 2. The normalized spacial score (nSPS) is 30.1. The van der Waals surface area contributed by atoms with Crippen LogP contribution in [-0.4, -0.2) is 31.1 Å². The van der Waals surface area contributed by atoms with Crippen molar-refractivity contribution in [1.29, 1.82) is 0 Å². The van der Waals surface area contributed by atoms with Crippen LogP contribution in [-0.2, 0) is 4.79 Å². The van der Waals surface area contributed by atoms with Crippen LogP contribution in [0.15, 0.2) is 5.10 Å². The smallest absolute Gasteiger partial charge is 0.133 e. The largest absolute Gasteiger partial charge is 0.303 e. The topological polar surface area (TPSA) is 32.7 Å². The Hall–Kier alpha value is -0.860. The van der Waals surface area contributed by atoms with Crippen molar-refractivity contribution in [2.24, 2.45) is 10.5 Å². The maximum Gasteiger partial charge on any atom is 0.133 e. The van der Waals surface area contributed by atoms with Gasteiger partial charge in [0.2, 0.25) is 0 Å². The fourth-order valence-electron chi connectivity index (χ4n) is 1.42. The lowest BCUT2D eigenvalue weighted by Crippen LogP contribution is -2.16. The first-order valence-corrected chi connectivity index (χ1v) is 4.26. The zero-order valence-corrected chi connectivity index (χ0v) is 8.00. The van der Waals surface area contributed by atoms with E-state index in [0.29, 0.717) is 12.2 Å². The van der Waals surface area contributed by atoms with E-state index in [9.17, 15) is 4.79 Å². The summed E-state index contributed by atoms with van der Waals surface area (Å²) in [5.41, 5.74) is 0.0152. The van der Waals surface area contributed by atoms with Crippen LogP contribution in [0.2, 0.25) is 0 Å². The molecule has 1 rings (SSSR count). The zero-order valence-electron chi connectivity index (χ0n) is 8.00. The highest BCUT2D eigenvalue weighted by atomic mass is 16.1. The summed E-state index contributed by atoms with van der Waals surface area (Å²) in [5.74, 6) is 0.364. The molecule has 1 aliphatic rings. The van der Waals surface area contributed by atoms with Gasteiger partial charge in [-0.05, 0) is 6.42 Å². The van der Waals surface area contributed by atoms with Gasteiger partial charge in [-0.15, -0.1) is 0 Å². The number of hydrogen-bond donors (Lipinski definition) is 0. The lowest BCUT2D eigenvalue weighted by Gasteiger charge is -2.16. The minimum atomic E-state index is 0.0152. The van der Waals surface area contributed by atoms with Gasteiger partial charge in [0, 0.05) is 38.6 Å². The van der Waals surface area contributed by atoms with Crippen molar-refractivity contribution in [2.75, 3.05) is 14.1 Å². The van der Waals surface area contributed by atoms with Crippen molar-refractivity contribution in [3.05, 3.63) is 0 Å². The molecule has 0 bridgehead atoms. The fourth-order valence-corrected chi connectivity index (χ4v) is 1.42. The van der Waals surface area contributed by atoms with E-state index in [1.165, 1.54) is 0 Å². The van der Waals surface area contributed by atoms with E-state index in [1.807, 2.05) is 20.3 Å². The molecule has 0 radical (unpaired) electrons. The van der Waals surface area contributed by atoms with Crippen molar-refractivity contribution in [1.82, 2.24) is 5.01 Å².